The van der Waals surface area contributed by atoms with Gasteiger partial charge in [0, 0.05) is 24.4 Å². The van der Waals surface area contributed by atoms with Crippen molar-refractivity contribution in [3.8, 4) is 0 Å². The van der Waals surface area contributed by atoms with E-state index in [1.54, 1.807) is 13.8 Å². The fourth-order valence-corrected chi connectivity index (χ4v) is 1.23. The number of pyridine rings is 1. The zero-order valence-corrected chi connectivity index (χ0v) is 8.07. The third-order valence-electron chi connectivity index (χ3n) is 1.97. The molecule has 1 N–H and O–H groups in total. The molecule has 1 aromatic heterocycles. The van der Waals surface area contributed by atoms with Gasteiger partial charge in [-0.15, -0.1) is 0 Å². The minimum atomic E-state index is -0.441. The Balaban J connectivity index is 3.23. The molecule has 74 valence electrons. The van der Waals surface area contributed by atoms with Crippen LogP contribution in [0.3, 0.4) is 0 Å². The molecule has 0 bridgehead atoms. The predicted octanol–water partition coefficient (Wildman–Crippen LogP) is 1.80. The van der Waals surface area contributed by atoms with Crippen molar-refractivity contribution in [2.24, 2.45) is 0 Å². The van der Waals surface area contributed by atoms with Crippen molar-refractivity contribution in [2.45, 2.75) is 20.3 Å². The third-order valence-corrected chi connectivity index (χ3v) is 1.97. The molecule has 0 aliphatic carbocycles. The second-order valence-corrected chi connectivity index (χ2v) is 3.02. The van der Waals surface area contributed by atoms with E-state index in [1.807, 2.05) is 0 Å². The summed E-state index contributed by atoms with van der Waals surface area (Å²) in [6, 6.07) is 1.50. The average molecular weight is 193 g/mol. The molecule has 0 atom stereocenters. The number of rotatable bonds is 3. The highest BCUT2D eigenvalue weighted by molar-refractivity contribution is 5.58. The number of nitro groups is 1. The van der Waals surface area contributed by atoms with E-state index >= 15 is 0 Å². The molecule has 0 fully saturated rings. The van der Waals surface area contributed by atoms with Gasteiger partial charge in [0.05, 0.1) is 4.92 Å². The van der Waals surface area contributed by atoms with E-state index in [2.05, 4.69) is 4.98 Å². The Morgan fingerprint density at radius 3 is 2.79 bits per heavy atom. The molecule has 0 spiro atoms. The van der Waals surface area contributed by atoms with Crippen LogP contribution in [-0.4, -0.2) is 16.1 Å². The lowest BCUT2D eigenvalue weighted by molar-refractivity contribution is -0.385. The monoisotopic (exact) mass is 193 g/mol. The molecule has 1 aromatic rings. The number of nitrogens with one attached hydrogen (secondary N) is 1. The van der Waals surface area contributed by atoms with Gasteiger partial charge in [0.2, 0.25) is 0 Å². The van der Waals surface area contributed by atoms with Gasteiger partial charge in [0.25, 0.3) is 5.69 Å². The molecule has 0 aromatic carbocycles. The lowest BCUT2D eigenvalue weighted by Gasteiger charge is -2.03. The minimum absolute atomic E-state index is 0.0382. The summed E-state index contributed by atoms with van der Waals surface area (Å²) in [6.07, 6.45) is 1.66. The van der Waals surface area contributed by atoms with E-state index < -0.39 is 4.92 Å². The third kappa shape index (κ3) is 1.93. The van der Waals surface area contributed by atoms with Crippen molar-refractivity contribution < 1.29 is 4.92 Å². The summed E-state index contributed by atoms with van der Waals surface area (Å²) in [5.74, 6) is 0. The minimum Gasteiger partial charge on any atom is -0.313 e. The molecule has 5 nitrogen and oxygen atoms in total. The van der Waals surface area contributed by atoms with Crippen molar-refractivity contribution in [3.05, 3.63) is 33.1 Å². The number of aryl methyl sites for hydroxylation is 2. The van der Waals surface area contributed by atoms with Crippen LogP contribution in [-0.2, 0) is 6.42 Å². The molecular formula is C9H11N3O2. The Labute approximate surface area is 81.4 Å². The summed E-state index contributed by atoms with van der Waals surface area (Å²) in [4.78, 5) is 14.2. The van der Waals surface area contributed by atoms with Gasteiger partial charge < -0.3 is 5.41 Å². The fraction of sp³-hybridized carbons (Fsp3) is 0.333. The molecule has 0 radical (unpaired) electrons. The number of hydrogen-bond donors (Lipinski definition) is 1. The van der Waals surface area contributed by atoms with E-state index in [0.29, 0.717) is 12.1 Å². The van der Waals surface area contributed by atoms with Crippen molar-refractivity contribution >= 4 is 11.9 Å². The highest BCUT2D eigenvalue weighted by atomic mass is 16.6. The first-order valence-corrected chi connectivity index (χ1v) is 4.16. The van der Waals surface area contributed by atoms with Gasteiger partial charge >= 0.3 is 0 Å². The van der Waals surface area contributed by atoms with Crippen LogP contribution in [0.2, 0.25) is 0 Å². The molecule has 0 aliphatic heterocycles. The van der Waals surface area contributed by atoms with Crippen molar-refractivity contribution in [3.63, 3.8) is 0 Å². The maximum Gasteiger partial charge on any atom is 0.290 e. The van der Waals surface area contributed by atoms with Crippen LogP contribution < -0.4 is 0 Å². The van der Waals surface area contributed by atoms with E-state index in [9.17, 15) is 10.1 Å². The van der Waals surface area contributed by atoms with Gasteiger partial charge in [-0.1, -0.05) is 0 Å². The number of aromatic nitrogens is 1. The molecule has 0 aliphatic rings. The molecule has 5 heteroatoms. The Hall–Kier alpha value is -1.78. The summed E-state index contributed by atoms with van der Waals surface area (Å²) < 4.78 is 0. The van der Waals surface area contributed by atoms with Crippen molar-refractivity contribution in [1.29, 1.82) is 5.41 Å². The van der Waals surface area contributed by atoms with Crippen LogP contribution in [0.25, 0.3) is 0 Å². The molecule has 14 heavy (non-hydrogen) atoms. The maximum atomic E-state index is 10.6. The van der Waals surface area contributed by atoms with Crippen molar-refractivity contribution in [2.75, 3.05) is 0 Å². The normalized spacial score (nSPS) is 9.86. The van der Waals surface area contributed by atoms with Crippen LogP contribution >= 0.6 is 0 Å². The summed E-state index contributed by atoms with van der Waals surface area (Å²) in [5.41, 5.74) is 1.92. The Bertz CT molecular complexity index is 388. The van der Waals surface area contributed by atoms with E-state index in [0.717, 1.165) is 11.3 Å². The van der Waals surface area contributed by atoms with E-state index in [1.165, 1.54) is 12.3 Å². The smallest absolute Gasteiger partial charge is 0.290 e. The lowest BCUT2D eigenvalue weighted by atomic mass is 10.1. The second kappa shape index (κ2) is 3.95. The average Bonchev–Trinajstić information content (AvgIpc) is 2.10. The first-order chi connectivity index (χ1) is 6.56. The number of nitrogens with zero attached hydrogens (tertiary/aromatic N) is 2. The molecule has 0 unspecified atom stereocenters. The zero-order valence-electron chi connectivity index (χ0n) is 8.07. The van der Waals surface area contributed by atoms with E-state index in [4.69, 9.17) is 5.41 Å². The van der Waals surface area contributed by atoms with Gasteiger partial charge in [-0.2, -0.15) is 0 Å². The quantitative estimate of drug-likeness (QED) is 0.451. The highest BCUT2D eigenvalue weighted by Crippen LogP contribution is 2.19. The number of hydrogen-bond acceptors (Lipinski definition) is 4. The molecule has 0 saturated heterocycles. The summed E-state index contributed by atoms with van der Waals surface area (Å²) >= 11 is 0. The van der Waals surface area contributed by atoms with Gasteiger partial charge in [0.1, 0.15) is 5.69 Å². The van der Waals surface area contributed by atoms with Gasteiger partial charge in [-0.05, 0) is 19.4 Å². The summed E-state index contributed by atoms with van der Waals surface area (Å²) in [5, 5.41) is 17.5. The highest BCUT2D eigenvalue weighted by Gasteiger charge is 2.13. The second-order valence-electron chi connectivity index (χ2n) is 3.02. The fourth-order valence-electron chi connectivity index (χ4n) is 1.23. The van der Waals surface area contributed by atoms with Crippen LogP contribution in [0, 0.1) is 29.4 Å². The van der Waals surface area contributed by atoms with Crippen LogP contribution in [0.1, 0.15) is 17.0 Å². The Kier molecular flexibility index (Phi) is 2.91. The van der Waals surface area contributed by atoms with Crippen LogP contribution in [0.15, 0.2) is 6.07 Å². The Morgan fingerprint density at radius 1 is 1.64 bits per heavy atom. The predicted molar refractivity (Wildman–Crippen MR) is 52.9 cm³/mol. The first-order valence-electron chi connectivity index (χ1n) is 4.16. The topological polar surface area (TPSA) is 79.9 Å². The zero-order chi connectivity index (χ0) is 10.7. The molecule has 1 rings (SSSR count). The van der Waals surface area contributed by atoms with Crippen LogP contribution in [0.4, 0.5) is 5.69 Å². The van der Waals surface area contributed by atoms with Gasteiger partial charge in [-0.3, -0.25) is 15.1 Å². The first kappa shape index (κ1) is 10.3. The van der Waals surface area contributed by atoms with Gasteiger partial charge in [0.15, 0.2) is 0 Å². The molecule has 0 amide bonds. The standard InChI is InChI=1S/C9H11N3O2/c1-6-5-9(12(13)14)7(2)11-8(6)3-4-10/h4-5,10H,3H2,1-2H3. The molecule has 0 saturated carbocycles. The Morgan fingerprint density at radius 2 is 2.29 bits per heavy atom. The van der Waals surface area contributed by atoms with Crippen molar-refractivity contribution in [1.82, 2.24) is 4.98 Å². The van der Waals surface area contributed by atoms with Gasteiger partial charge in [-0.25, -0.2) is 0 Å². The maximum absolute atomic E-state index is 10.6. The molecule has 1 heterocycles. The summed E-state index contributed by atoms with van der Waals surface area (Å²) in [6.45, 7) is 3.36. The van der Waals surface area contributed by atoms with Crippen LogP contribution in [0.5, 0.6) is 0 Å². The SMILES string of the molecule is Cc1cc([N+](=O)[O-])c(C)nc1CC=N. The summed E-state index contributed by atoms with van der Waals surface area (Å²) in [7, 11) is 0. The lowest BCUT2D eigenvalue weighted by Crippen LogP contribution is -2.01. The molecular weight excluding hydrogens is 182 g/mol. The van der Waals surface area contributed by atoms with E-state index in [-0.39, 0.29) is 5.69 Å². The largest absolute Gasteiger partial charge is 0.313 e.